The molecule has 1 atom stereocenters. The predicted molar refractivity (Wildman–Crippen MR) is 84.9 cm³/mol. The van der Waals surface area contributed by atoms with Crippen molar-refractivity contribution >= 4 is 22.6 Å². The summed E-state index contributed by atoms with van der Waals surface area (Å²) in [5, 5.41) is 3.88. The molecule has 1 N–H and O–H groups in total. The van der Waals surface area contributed by atoms with Crippen LogP contribution in [0, 0.1) is 0 Å². The van der Waals surface area contributed by atoms with Gasteiger partial charge in [-0.15, -0.1) is 0 Å². The number of halogens is 1. The summed E-state index contributed by atoms with van der Waals surface area (Å²) < 4.78 is 5.70. The maximum absolute atomic E-state index is 6.12. The van der Waals surface area contributed by atoms with Crippen molar-refractivity contribution in [2.24, 2.45) is 0 Å². The molecule has 0 aliphatic carbocycles. The molecule has 0 saturated carbocycles. The molecule has 1 saturated heterocycles. The average molecular weight is 306 g/mol. The van der Waals surface area contributed by atoms with Crippen LogP contribution in [0.25, 0.3) is 11.0 Å². The minimum atomic E-state index is 0.337. The van der Waals surface area contributed by atoms with E-state index in [1.54, 1.807) is 0 Å². The van der Waals surface area contributed by atoms with E-state index in [1.165, 1.54) is 19.3 Å². The topological polar surface area (TPSA) is 47.0 Å². The second kappa shape index (κ2) is 7.05. The smallest absolute Gasteiger partial charge is 0.252 e. The lowest BCUT2D eigenvalue weighted by molar-refractivity contribution is 0.277. The number of aromatic nitrogens is 2. The highest BCUT2D eigenvalue weighted by Crippen LogP contribution is 2.23. The molecule has 21 heavy (non-hydrogen) atoms. The number of benzene rings is 1. The monoisotopic (exact) mass is 305 g/mol. The highest BCUT2D eigenvalue weighted by atomic mass is 35.5. The van der Waals surface area contributed by atoms with Crippen LogP contribution in [-0.2, 0) is 0 Å². The Bertz CT molecular complexity index is 599. The van der Waals surface area contributed by atoms with Gasteiger partial charge < -0.3 is 10.1 Å². The van der Waals surface area contributed by atoms with Gasteiger partial charge in [-0.3, -0.25) is 0 Å². The van der Waals surface area contributed by atoms with Crippen LogP contribution in [0.5, 0.6) is 5.88 Å². The minimum absolute atomic E-state index is 0.337. The Labute approximate surface area is 129 Å². The van der Waals surface area contributed by atoms with Crippen molar-refractivity contribution in [2.75, 3.05) is 13.2 Å². The first-order valence-corrected chi connectivity index (χ1v) is 7.99. The van der Waals surface area contributed by atoms with Crippen molar-refractivity contribution in [1.82, 2.24) is 15.3 Å². The number of hydrogen-bond acceptors (Lipinski definition) is 4. The molecule has 0 radical (unpaired) electrons. The molecule has 112 valence electrons. The molecule has 0 amide bonds. The number of nitrogens with one attached hydrogen (secondary N) is 1. The third kappa shape index (κ3) is 3.83. The van der Waals surface area contributed by atoms with Crippen molar-refractivity contribution in [3.8, 4) is 5.88 Å². The number of fused-ring (bicyclic) bond motifs is 1. The molecule has 2 heterocycles. The summed E-state index contributed by atoms with van der Waals surface area (Å²) in [5.74, 6) is 0.437. The van der Waals surface area contributed by atoms with Crippen LogP contribution >= 0.6 is 11.6 Å². The SMILES string of the molecule is Clc1nc2ccccc2nc1OCCCC1CCCCN1. The van der Waals surface area contributed by atoms with E-state index >= 15 is 0 Å². The summed E-state index contributed by atoms with van der Waals surface area (Å²) in [6, 6.07) is 8.30. The largest absolute Gasteiger partial charge is 0.475 e. The normalized spacial score (nSPS) is 18.8. The molecule has 1 aliphatic rings. The van der Waals surface area contributed by atoms with Gasteiger partial charge in [-0.25, -0.2) is 9.97 Å². The van der Waals surface area contributed by atoms with E-state index < -0.39 is 0 Å². The standard InChI is InChI=1S/C16H20ClN3O/c17-15-16(20-14-9-2-1-8-13(14)19-15)21-11-5-7-12-6-3-4-10-18-12/h1-2,8-9,12,18H,3-7,10-11H2. The van der Waals surface area contributed by atoms with Crippen LogP contribution in [0.2, 0.25) is 5.15 Å². The van der Waals surface area contributed by atoms with E-state index in [2.05, 4.69) is 15.3 Å². The molecule has 4 nitrogen and oxygen atoms in total. The molecule has 1 aromatic heterocycles. The third-order valence-electron chi connectivity index (χ3n) is 3.85. The zero-order valence-electron chi connectivity index (χ0n) is 12.0. The summed E-state index contributed by atoms with van der Waals surface area (Å²) in [6.07, 6.45) is 6.05. The summed E-state index contributed by atoms with van der Waals surface area (Å²) >= 11 is 6.12. The zero-order valence-corrected chi connectivity index (χ0v) is 12.8. The van der Waals surface area contributed by atoms with Crippen LogP contribution in [0.15, 0.2) is 24.3 Å². The molecular formula is C16H20ClN3O. The highest BCUT2D eigenvalue weighted by Gasteiger charge is 2.12. The van der Waals surface area contributed by atoms with Crippen LogP contribution in [0.1, 0.15) is 32.1 Å². The highest BCUT2D eigenvalue weighted by molar-refractivity contribution is 6.31. The quantitative estimate of drug-likeness (QED) is 0.858. The average Bonchev–Trinajstić information content (AvgIpc) is 2.53. The molecule has 0 bridgehead atoms. The maximum Gasteiger partial charge on any atom is 0.252 e. The van der Waals surface area contributed by atoms with Gasteiger partial charge in [0.15, 0.2) is 5.15 Å². The first-order chi connectivity index (χ1) is 10.3. The van der Waals surface area contributed by atoms with Gasteiger partial charge >= 0.3 is 0 Å². The fraction of sp³-hybridized carbons (Fsp3) is 0.500. The van der Waals surface area contributed by atoms with Crippen molar-refractivity contribution < 1.29 is 4.74 Å². The van der Waals surface area contributed by atoms with Gasteiger partial charge in [0.05, 0.1) is 17.6 Å². The third-order valence-corrected chi connectivity index (χ3v) is 4.09. The van der Waals surface area contributed by atoms with E-state index in [1.807, 2.05) is 24.3 Å². The van der Waals surface area contributed by atoms with Crippen molar-refractivity contribution in [2.45, 2.75) is 38.1 Å². The Morgan fingerprint density at radius 1 is 1.19 bits per heavy atom. The molecule has 1 unspecified atom stereocenters. The molecule has 3 rings (SSSR count). The summed E-state index contributed by atoms with van der Waals surface area (Å²) in [5.41, 5.74) is 1.60. The Morgan fingerprint density at radius 3 is 2.76 bits per heavy atom. The Balaban J connectivity index is 1.53. The Kier molecular flexibility index (Phi) is 4.88. The lowest BCUT2D eigenvalue weighted by Crippen LogP contribution is -2.34. The van der Waals surface area contributed by atoms with Crippen LogP contribution in [0.4, 0.5) is 0 Å². The number of ether oxygens (including phenoxy) is 1. The lowest BCUT2D eigenvalue weighted by atomic mass is 10.0. The summed E-state index contributed by atoms with van der Waals surface area (Å²) in [7, 11) is 0. The van der Waals surface area contributed by atoms with Crippen LogP contribution in [-0.4, -0.2) is 29.2 Å². The number of hydrogen-bond donors (Lipinski definition) is 1. The summed E-state index contributed by atoms with van der Waals surface area (Å²) in [4.78, 5) is 8.74. The lowest BCUT2D eigenvalue weighted by Gasteiger charge is -2.23. The van der Waals surface area contributed by atoms with Gasteiger partial charge in [-0.1, -0.05) is 30.2 Å². The fourth-order valence-electron chi connectivity index (χ4n) is 2.72. The number of nitrogens with zero attached hydrogens (tertiary/aromatic N) is 2. The number of para-hydroxylation sites is 2. The first kappa shape index (κ1) is 14.5. The molecule has 5 heteroatoms. The second-order valence-electron chi connectivity index (χ2n) is 5.45. The van der Waals surface area contributed by atoms with E-state index in [0.29, 0.717) is 23.7 Å². The van der Waals surface area contributed by atoms with Gasteiger partial charge in [-0.2, -0.15) is 0 Å². The predicted octanol–water partition coefficient (Wildman–Crippen LogP) is 3.58. The maximum atomic E-state index is 6.12. The Morgan fingerprint density at radius 2 is 2.00 bits per heavy atom. The number of rotatable bonds is 5. The van der Waals surface area contributed by atoms with Crippen molar-refractivity contribution in [3.05, 3.63) is 29.4 Å². The van der Waals surface area contributed by atoms with Gasteiger partial charge in [0, 0.05) is 6.04 Å². The molecule has 1 fully saturated rings. The van der Waals surface area contributed by atoms with E-state index in [4.69, 9.17) is 16.3 Å². The van der Waals surface area contributed by atoms with Crippen LogP contribution < -0.4 is 10.1 Å². The zero-order chi connectivity index (χ0) is 14.5. The molecular weight excluding hydrogens is 286 g/mol. The fourth-order valence-corrected chi connectivity index (χ4v) is 2.91. The summed E-state index contributed by atoms with van der Waals surface area (Å²) in [6.45, 7) is 1.78. The molecule has 1 aliphatic heterocycles. The minimum Gasteiger partial charge on any atom is -0.475 e. The molecule has 1 aromatic carbocycles. The van der Waals surface area contributed by atoms with Gasteiger partial charge in [0.2, 0.25) is 0 Å². The van der Waals surface area contributed by atoms with Gasteiger partial charge in [-0.05, 0) is 44.4 Å². The Hall–Kier alpha value is -1.39. The van der Waals surface area contributed by atoms with Gasteiger partial charge in [0.25, 0.3) is 5.88 Å². The van der Waals surface area contributed by atoms with Crippen molar-refractivity contribution in [3.63, 3.8) is 0 Å². The number of piperidine rings is 1. The van der Waals surface area contributed by atoms with E-state index in [9.17, 15) is 0 Å². The first-order valence-electron chi connectivity index (χ1n) is 7.61. The second-order valence-corrected chi connectivity index (χ2v) is 5.80. The van der Waals surface area contributed by atoms with Gasteiger partial charge in [0.1, 0.15) is 0 Å². The van der Waals surface area contributed by atoms with E-state index in [-0.39, 0.29) is 0 Å². The molecule has 2 aromatic rings. The van der Waals surface area contributed by atoms with E-state index in [0.717, 1.165) is 30.4 Å². The van der Waals surface area contributed by atoms with Crippen LogP contribution in [0.3, 0.4) is 0 Å². The molecule has 0 spiro atoms. The van der Waals surface area contributed by atoms with Crippen molar-refractivity contribution in [1.29, 1.82) is 0 Å².